The zero-order valence-corrected chi connectivity index (χ0v) is 10.2. The van der Waals surface area contributed by atoms with Gasteiger partial charge in [0.05, 0.1) is 5.56 Å². The number of thioether (sulfide) groups is 1. The molecule has 1 atom stereocenters. The quantitative estimate of drug-likeness (QED) is 0.800. The number of aromatic carboxylic acids is 1. The Kier molecular flexibility index (Phi) is 5.35. The number of hydrogen-bond acceptors (Lipinski definition) is 3. The fourth-order valence-corrected chi connectivity index (χ4v) is 2.31. The molecule has 3 N–H and O–H groups in total. The Bertz CT molecular complexity index is 355. The average molecular weight is 239 g/mol. The SMILES string of the molecule is CC(CCN)SCc1cccc(C(=O)O)c1. The van der Waals surface area contributed by atoms with Crippen molar-refractivity contribution >= 4 is 17.7 Å². The highest BCUT2D eigenvalue weighted by Crippen LogP contribution is 2.20. The number of carboxylic acids is 1. The van der Waals surface area contributed by atoms with E-state index in [0.717, 1.165) is 17.7 Å². The number of hydrogen-bond donors (Lipinski definition) is 2. The Morgan fingerprint density at radius 3 is 2.94 bits per heavy atom. The summed E-state index contributed by atoms with van der Waals surface area (Å²) in [5.41, 5.74) is 6.87. The summed E-state index contributed by atoms with van der Waals surface area (Å²) >= 11 is 1.80. The van der Waals surface area contributed by atoms with Crippen LogP contribution in [0.1, 0.15) is 29.3 Å². The van der Waals surface area contributed by atoms with Crippen molar-refractivity contribution in [1.29, 1.82) is 0 Å². The Hall–Kier alpha value is -1.00. The van der Waals surface area contributed by atoms with Crippen LogP contribution in [-0.2, 0) is 5.75 Å². The molecule has 88 valence electrons. The lowest BCUT2D eigenvalue weighted by Gasteiger charge is -2.09. The second-order valence-corrected chi connectivity index (χ2v) is 5.13. The molecule has 1 aromatic carbocycles. The summed E-state index contributed by atoms with van der Waals surface area (Å²) in [6.07, 6.45) is 0.989. The maximum atomic E-state index is 10.8. The van der Waals surface area contributed by atoms with Gasteiger partial charge in [-0.15, -0.1) is 0 Å². The fraction of sp³-hybridized carbons (Fsp3) is 0.417. The normalized spacial score (nSPS) is 12.4. The van der Waals surface area contributed by atoms with Crippen molar-refractivity contribution < 1.29 is 9.90 Å². The van der Waals surface area contributed by atoms with E-state index in [4.69, 9.17) is 10.8 Å². The van der Waals surface area contributed by atoms with Gasteiger partial charge in [-0.2, -0.15) is 11.8 Å². The van der Waals surface area contributed by atoms with E-state index in [-0.39, 0.29) is 0 Å². The highest BCUT2D eigenvalue weighted by Gasteiger charge is 2.05. The Balaban J connectivity index is 2.54. The lowest BCUT2D eigenvalue weighted by Crippen LogP contribution is -2.07. The molecule has 1 aromatic rings. The highest BCUT2D eigenvalue weighted by atomic mass is 32.2. The van der Waals surface area contributed by atoms with Gasteiger partial charge in [0.2, 0.25) is 0 Å². The number of benzene rings is 1. The van der Waals surface area contributed by atoms with E-state index in [0.29, 0.717) is 17.4 Å². The zero-order valence-electron chi connectivity index (χ0n) is 9.35. The summed E-state index contributed by atoms with van der Waals surface area (Å²) in [4.78, 5) is 10.8. The molecule has 0 saturated heterocycles. The monoisotopic (exact) mass is 239 g/mol. The molecule has 0 spiro atoms. The molecule has 4 heteroatoms. The van der Waals surface area contributed by atoms with Gasteiger partial charge in [-0.25, -0.2) is 4.79 Å². The van der Waals surface area contributed by atoms with Gasteiger partial charge in [0.1, 0.15) is 0 Å². The van der Waals surface area contributed by atoms with Gasteiger partial charge in [0.25, 0.3) is 0 Å². The minimum Gasteiger partial charge on any atom is -0.478 e. The number of nitrogens with two attached hydrogens (primary N) is 1. The van der Waals surface area contributed by atoms with Gasteiger partial charge in [0.15, 0.2) is 0 Å². The van der Waals surface area contributed by atoms with Crippen molar-refractivity contribution in [3.8, 4) is 0 Å². The van der Waals surface area contributed by atoms with Gasteiger partial charge >= 0.3 is 5.97 Å². The molecule has 3 nitrogen and oxygen atoms in total. The second-order valence-electron chi connectivity index (χ2n) is 3.70. The van der Waals surface area contributed by atoms with E-state index in [1.165, 1.54) is 0 Å². The molecule has 1 rings (SSSR count). The Morgan fingerprint density at radius 1 is 1.56 bits per heavy atom. The maximum Gasteiger partial charge on any atom is 0.335 e. The van der Waals surface area contributed by atoms with Crippen molar-refractivity contribution in [3.63, 3.8) is 0 Å². The van der Waals surface area contributed by atoms with Crippen LogP contribution in [-0.4, -0.2) is 22.9 Å². The molecule has 0 radical (unpaired) electrons. The minimum atomic E-state index is -0.873. The summed E-state index contributed by atoms with van der Waals surface area (Å²) in [6, 6.07) is 7.08. The standard InChI is InChI=1S/C12H17NO2S/c1-9(5-6-13)16-8-10-3-2-4-11(7-10)12(14)15/h2-4,7,9H,5-6,8,13H2,1H3,(H,14,15). The van der Waals surface area contributed by atoms with Crippen LogP contribution in [0.25, 0.3) is 0 Å². The predicted molar refractivity (Wildman–Crippen MR) is 67.8 cm³/mol. The Labute approximate surface area is 100 Å². The van der Waals surface area contributed by atoms with Crippen molar-refractivity contribution in [1.82, 2.24) is 0 Å². The van der Waals surface area contributed by atoms with Crippen LogP contribution in [0.15, 0.2) is 24.3 Å². The smallest absolute Gasteiger partial charge is 0.335 e. The third-order valence-corrected chi connectivity index (χ3v) is 3.59. The molecule has 0 aromatic heterocycles. The summed E-state index contributed by atoms with van der Waals surface area (Å²) in [5, 5.41) is 9.36. The molecule has 0 heterocycles. The van der Waals surface area contributed by atoms with E-state index in [1.807, 2.05) is 6.07 Å². The van der Waals surface area contributed by atoms with Crippen LogP contribution in [0.3, 0.4) is 0 Å². The lowest BCUT2D eigenvalue weighted by molar-refractivity contribution is 0.0697. The van der Waals surface area contributed by atoms with Crippen LogP contribution in [0.2, 0.25) is 0 Å². The lowest BCUT2D eigenvalue weighted by atomic mass is 10.1. The topological polar surface area (TPSA) is 63.3 Å². The van der Waals surface area contributed by atoms with Crippen LogP contribution >= 0.6 is 11.8 Å². The molecule has 0 saturated carbocycles. The van der Waals surface area contributed by atoms with Gasteiger partial charge in [-0.1, -0.05) is 19.1 Å². The van der Waals surface area contributed by atoms with Crippen LogP contribution in [0, 0.1) is 0 Å². The molecule has 0 bridgehead atoms. The average Bonchev–Trinajstić information content (AvgIpc) is 2.27. The van der Waals surface area contributed by atoms with Gasteiger partial charge < -0.3 is 10.8 Å². The first-order valence-electron chi connectivity index (χ1n) is 5.27. The molecule has 0 fully saturated rings. The van der Waals surface area contributed by atoms with E-state index in [2.05, 4.69) is 6.92 Å². The summed E-state index contributed by atoms with van der Waals surface area (Å²) in [7, 11) is 0. The summed E-state index contributed by atoms with van der Waals surface area (Å²) < 4.78 is 0. The molecule has 16 heavy (non-hydrogen) atoms. The third kappa shape index (κ3) is 4.24. The van der Waals surface area contributed by atoms with Crippen molar-refractivity contribution in [2.45, 2.75) is 24.3 Å². The van der Waals surface area contributed by atoms with Gasteiger partial charge in [-0.3, -0.25) is 0 Å². The first-order chi connectivity index (χ1) is 7.63. The highest BCUT2D eigenvalue weighted by molar-refractivity contribution is 7.99. The summed E-state index contributed by atoms with van der Waals surface area (Å²) in [6.45, 7) is 2.84. The fourth-order valence-electron chi connectivity index (χ4n) is 1.35. The van der Waals surface area contributed by atoms with Gasteiger partial charge in [-0.05, 0) is 30.7 Å². The van der Waals surface area contributed by atoms with Crippen LogP contribution < -0.4 is 5.73 Å². The van der Waals surface area contributed by atoms with Crippen molar-refractivity contribution in [2.75, 3.05) is 6.54 Å². The summed E-state index contributed by atoms with van der Waals surface area (Å²) in [5.74, 6) is -0.0377. The largest absolute Gasteiger partial charge is 0.478 e. The van der Waals surface area contributed by atoms with Crippen molar-refractivity contribution in [3.05, 3.63) is 35.4 Å². The van der Waals surface area contributed by atoms with Crippen LogP contribution in [0.4, 0.5) is 0 Å². The number of carbonyl (C=O) groups is 1. The van der Waals surface area contributed by atoms with E-state index in [1.54, 1.807) is 30.0 Å². The third-order valence-electron chi connectivity index (χ3n) is 2.28. The van der Waals surface area contributed by atoms with E-state index < -0.39 is 5.97 Å². The Morgan fingerprint density at radius 2 is 2.31 bits per heavy atom. The molecule has 0 aliphatic rings. The number of carboxylic acid groups (broad SMARTS) is 1. The molecular weight excluding hydrogens is 222 g/mol. The van der Waals surface area contributed by atoms with Crippen molar-refractivity contribution in [2.24, 2.45) is 5.73 Å². The molecule has 0 aliphatic carbocycles. The van der Waals surface area contributed by atoms with E-state index in [9.17, 15) is 4.79 Å². The molecule has 0 aliphatic heterocycles. The second kappa shape index (κ2) is 6.55. The number of rotatable bonds is 6. The zero-order chi connectivity index (χ0) is 12.0. The molecule has 1 unspecified atom stereocenters. The van der Waals surface area contributed by atoms with Crippen LogP contribution in [0.5, 0.6) is 0 Å². The first-order valence-corrected chi connectivity index (χ1v) is 6.32. The van der Waals surface area contributed by atoms with Gasteiger partial charge in [0, 0.05) is 11.0 Å². The minimum absolute atomic E-state index is 0.351. The van der Waals surface area contributed by atoms with E-state index >= 15 is 0 Å². The molecule has 0 amide bonds. The maximum absolute atomic E-state index is 10.8. The molecular formula is C12H17NO2S. The first kappa shape index (κ1) is 13.1. The predicted octanol–water partition coefficient (Wildman–Crippen LogP) is 2.36.